The number of carbonyl (C=O) groups excluding carboxylic acids is 1. The molecule has 0 unspecified atom stereocenters. The number of urea groups is 1. The smallest absolute Gasteiger partial charge is 0.335 e. The van der Waals surface area contributed by atoms with E-state index in [1.165, 1.54) is 12.1 Å². The summed E-state index contributed by atoms with van der Waals surface area (Å²) in [5.41, 5.74) is 1.50. The van der Waals surface area contributed by atoms with E-state index >= 15 is 0 Å². The van der Waals surface area contributed by atoms with Crippen molar-refractivity contribution in [3.8, 4) is 0 Å². The molecule has 1 aromatic rings. The number of nitrogens with one attached hydrogen (secondary N) is 2. The minimum atomic E-state index is -1.01. The van der Waals surface area contributed by atoms with Crippen LogP contribution in [0, 0.1) is 6.92 Å². The van der Waals surface area contributed by atoms with Gasteiger partial charge in [-0.15, -0.1) is 0 Å². The van der Waals surface area contributed by atoms with Crippen molar-refractivity contribution >= 4 is 17.7 Å². The van der Waals surface area contributed by atoms with Crippen molar-refractivity contribution in [3.63, 3.8) is 0 Å². The maximum absolute atomic E-state index is 11.8. The zero-order chi connectivity index (χ0) is 13.8. The van der Waals surface area contributed by atoms with Gasteiger partial charge in [-0.1, -0.05) is 18.2 Å². The van der Waals surface area contributed by atoms with Crippen molar-refractivity contribution in [1.82, 2.24) is 5.32 Å². The van der Waals surface area contributed by atoms with Crippen LogP contribution < -0.4 is 10.6 Å². The number of amides is 2. The van der Waals surface area contributed by atoms with Crippen LogP contribution in [-0.4, -0.2) is 23.1 Å². The molecule has 0 bridgehead atoms. The fourth-order valence-corrected chi connectivity index (χ4v) is 1.97. The first kappa shape index (κ1) is 13.1. The Bertz CT molecular complexity index is 529. The Morgan fingerprint density at radius 3 is 2.58 bits per heavy atom. The lowest BCUT2D eigenvalue weighted by Crippen LogP contribution is -2.36. The zero-order valence-electron chi connectivity index (χ0n) is 10.6. The monoisotopic (exact) mass is 260 g/mol. The van der Waals surface area contributed by atoms with Crippen molar-refractivity contribution in [3.05, 3.63) is 41.5 Å². The van der Waals surface area contributed by atoms with E-state index in [4.69, 9.17) is 5.11 Å². The Hall–Kier alpha value is -2.30. The summed E-state index contributed by atoms with van der Waals surface area (Å²) in [7, 11) is 0. The van der Waals surface area contributed by atoms with Gasteiger partial charge >= 0.3 is 12.0 Å². The third kappa shape index (κ3) is 3.34. The van der Waals surface area contributed by atoms with Gasteiger partial charge in [-0.05, 0) is 37.5 Å². The number of carbonyl (C=O) groups is 2. The summed E-state index contributed by atoms with van der Waals surface area (Å²) in [6, 6.07) is 4.48. The minimum Gasteiger partial charge on any atom is -0.478 e. The molecule has 5 nitrogen and oxygen atoms in total. The third-order valence-corrected chi connectivity index (χ3v) is 3.08. The number of carboxylic acids is 1. The largest absolute Gasteiger partial charge is 0.478 e. The summed E-state index contributed by atoms with van der Waals surface area (Å²) in [6.45, 7) is 1.82. The van der Waals surface area contributed by atoms with Crippen molar-refractivity contribution in [2.45, 2.75) is 25.8 Å². The topological polar surface area (TPSA) is 78.4 Å². The molecule has 0 saturated carbocycles. The molecule has 0 fully saturated rings. The fourth-order valence-electron chi connectivity index (χ4n) is 1.97. The number of aryl methyl sites for hydroxylation is 1. The van der Waals surface area contributed by atoms with Gasteiger partial charge in [0.2, 0.25) is 0 Å². The van der Waals surface area contributed by atoms with Crippen molar-refractivity contribution in [1.29, 1.82) is 0 Å². The molecule has 0 atom stereocenters. The van der Waals surface area contributed by atoms with E-state index in [2.05, 4.69) is 10.6 Å². The molecule has 2 amide bonds. The normalized spacial score (nSPS) is 14.4. The highest BCUT2D eigenvalue weighted by Crippen LogP contribution is 2.17. The maximum Gasteiger partial charge on any atom is 0.335 e. The van der Waals surface area contributed by atoms with Crippen LogP contribution in [0.4, 0.5) is 10.5 Å². The Labute approximate surface area is 111 Å². The summed E-state index contributed by atoms with van der Waals surface area (Å²) < 4.78 is 0. The number of hydrogen-bond donors (Lipinski definition) is 3. The van der Waals surface area contributed by atoms with Gasteiger partial charge in [0.15, 0.2) is 0 Å². The highest BCUT2D eigenvalue weighted by molar-refractivity contribution is 5.94. The Balaban J connectivity index is 2.03. The van der Waals surface area contributed by atoms with Crippen LogP contribution in [0.25, 0.3) is 0 Å². The van der Waals surface area contributed by atoms with E-state index in [9.17, 15) is 9.59 Å². The molecule has 0 spiro atoms. The van der Waals surface area contributed by atoms with Gasteiger partial charge in [-0.2, -0.15) is 0 Å². The summed E-state index contributed by atoms with van der Waals surface area (Å²) in [5.74, 6) is -1.01. The lowest BCUT2D eigenvalue weighted by molar-refractivity contribution is 0.0697. The first-order valence-electron chi connectivity index (χ1n) is 6.12. The maximum atomic E-state index is 11.8. The van der Waals surface area contributed by atoms with E-state index in [0.29, 0.717) is 5.69 Å². The molecular formula is C14H16N2O3. The Morgan fingerprint density at radius 2 is 1.95 bits per heavy atom. The molecule has 0 aromatic heterocycles. The molecule has 100 valence electrons. The predicted molar refractivity (Wildman–Crippen MR) is 72.5 cm³/mol. The SMILES string of the molecule is Cc1ccc(C(=O)O)cc1NC(=O)NC1CC=CC1. The van der Waals surface area contributed by atoms with Gasteiger partial charge in [0.1, 0.15) is 0 Å². The molecule has 3 N–H and O–H groups in total. The number of benzene rings is 1. The third-order valence-electron chi connectivity index (χ3n) is 3.08. The van der Waals surface area contributed by atoms with Gasteiger partial charge in [0.05, 0.1) is 5.56 Å². The van der Waals surface area contributed by atoms with Crippen molar-refractivity contribution < 1.29 is 14.7 Å². The number of carboxylic acid groups (broad SMARTS) is 1. The average Bonchev–Trinajstić information content (AvgIpc) is 2.84. The Morgan fingerprint density at radius 1 is 1.26 bits per heavy atom. The van der Waals surface area contributed by atoms with Crippen molar-refractivity contribution in [2.75, 3.05) is 5.32 Å². The summed E-state index contributed by atoms with van der Waals surface area (Å²) in [6.07, 6.45) is 5.73. The molecular weight excluding hydrogens is 244 g/mol. The number of aromatic carboxylic acids is 1. The number of anilines is 1. The molecule has 0 radical (unpaired) electrons. The summed E-state index contributed by atoms with van der Waals surface area (Å²) in [5, 5.41) is 14.5. The standard InChI is InChI=1S/C14H16N2O3/c1-9-6-7-10(13(17)18)8-12(9)16-14(19)15-11-4-2-3-5-11/h2-3,6-8,11H,4-5H2,1H3,(H,17,18)(H2,15,16,19). The number of rotatable bonds is 3. The molecule has 0 heterocycles. The predicted octanol–water partition coefficient (Wildman–Crippen LogP) is 2.53. The van der Waals surface area contributed by atoms with E-state index in [-0.39, 0.29) is 17.6 Å². The Kier molecular flexibility index (Phi) is 3.85. The van der Waals surface area contributed by atoms with Crippen LogP contribution in [0.15, 0.2) is 30.4 Å². The summed E-state index contributed by atoms with van der Waals surface area (Å²) in [4.78, 5) is 22.7. The molecule has 19 heavy (non-hydrogen) atoms. The molecule has 0 saturated heterocycles. The van der Waals surface area contributed by atoms with Crippen LogP contribution in [0.3, 0.4) is 0 Å². The minimum absolute atomic E-state index is 0.128. The van der Waals surface area contributed by atoms with E-state index in [0.717, 1.165) is 18.4 Å². The van der Waals surface area contributed by atoms with E-state index < -0.39 is 5.97 Å². The van der Waals surface area contributed by atoms with Crippen LogP contribution in [0.2, 0.25) is 0 Å². The zero-order valence-corrected chi connectivity index (χ0v) is 10.6. The quantitative estimate of drug-likeness (QED) is 0.731. The molecule has 0 aliphatic heterocycles. The fraction of sp³-hybridized carbons (Fsp3) is 0.286. The lowest BCUT2D eigenvalue weighted by atomic mass is 10.1. The molecule has 1 aliphatic rings. The van der Waals surface area contributed by atoms with Crippen LogP contribution >= 0.6 is 0 Å². The number of hydrogen-bond acceptors (Lipinski definition) is 2. The van der Waals surface area contributed by atoms with Gasteiger partial charge in [-0.25, -0.2) is 9.59 Å². The van der Waals surface area contributed by atoms with Crippen molar-refractivity contribution in [2.24, 2.45) is 0 Å². The summed E-state index contributed by atoms with van der Waals surface area (Å²) >= 11 is 0. The first-order chi connectivity index (χ1) is 9.06. The highest BCUT2D eigenvalue weighted by atomic mass is 16.4. The van der Waals surface area contributed by atoms with Crippen LogP contribution in [-0.2, 0) is 0 Å². The molecule has 2 rings (SSSR count). The van der Waals surface area contributed by atoms with Crippen LogP contribution in [0.1, 0.15) is 28.8 Å². The first-order valence-corrected chi connectivity index (χ1v) is 6.12. The van der Waals surface area contributed by atoms with Gasteiger partial charge in [0, 0.05) is 11.7 Å². The van der Waals surface area contributed by atoms with E-state index in [1.54, 1.807) is 6.07 Å². The highest BCUT2D eigenvalue weighted by Gasteiger charge is 2.14. The van der Waals surface area contributed by atoms with Crippen LogP contribution in [0.5, 0.6) is 0 Å². The lowest BCUT2D eigenvalue weighted by Gasteiger charge is -2.14. The average molecular weight is 260 g/mol. The van der Waals surface area contributed by atoms with Gasteiger partial charge in [-0.3, -0.25) is 0 Å². The molecule has 5 heteroatoms. The second kappa shape index (κ2) is 5.56. The van der Waals surface area contributed by atoms with Gasteiger partial charge < -0.3 is 15.7 Å². The molecule has 1 aromatic carbocycles. The second-order valence-corrected chi connectivity index (χ2v) is 4.57. The van der Waals surface area contributed by atoms with E-state index in [1.807, 2.05) is 19.1 Å². The second-order valence-electron chi connectivity index (χ2n) is 4.57. The molecule has 1 aliphatic carbocycles. The van der Waals surface area contributed by atoms with Gasteiger partial charge in [0.25, 0.3) is 0 Å².